The Kier molecular flexibility index (Phi) is 6.12. The average Bonchev–Trinajstić information content (AvgIpc) is 3.25. The maximum atomic E-state index is 12.2. The maximum absolute atomic E-state index is 12.2. The first-order chi connectivity index (χ1) is 13.0. The number of hydrogen-bond donors (Lipinski definition) is 1. The Bertz CT molecular complexity index is 983. The Labute approximate surface area is 168 Å². The Balaban J connectivity index is 1.66. The van der Waals surface area contributed by atoms with Gasteiger partial charge in [-0.2, -0.15) is 0 Å². The normalized spacial score (nSPS) is 10.8. The minimum Gasteiger partial charge on any atom is -0.446 e. The molecule has 0 fully saturated rings. The van der Waals surface area contributed by atoms with Gasteiger partial charge in [0.15, 0.2) is 21.4 Å². The Morgan fingerprint density at radius 2 is 2.07 bits per heavy atom. The zero-order valence-corrected chi connectivity index (χ0v) is 17.1. The molecule has 1 aromatic carbocycles. The predicted molar refractivity (Wildman–Crippen MR) is 107 cm³/mol. The monoisotopic (exact) mass is 448 g/mol. The van der Waals surface area contributed by atoms with E-state index < -0.39 is 0 Å². The number of halogens is 1. The maximum Gasteiger partial charge on any atom is 0.234 e. The van der Waals surface area contributed by atoms with E-state index in [0.29, 0.717) is 39.2 Å². The smallest absolute Gasteiger partial charge is 0.234 e. The van der Waals surface area contributed by atoms with Gasteiger partial charge in [0.1, 0.15) is 0 Å². The standard InChI is InChI=1S/C18H17BrN4O3S/c1-3-23-17(14-7-8-15(19)26-14)21-22-18(23)27-10-16(25)20-13-6-4-5-12(9-13)11(2)24/h4-9H,3,10H2,1-2H3,(H,20,25). The van der Waals surface area contributed by atoms with Crippen LogP contribution in [0.4, 0.5) is 5.69 Å². The van der Waals surface area contributed by atoms with Gasteiger partial charge in [-0.15, -0.1) is 10.2 Å². The molecule has 0 atom stereocenters. The van der Waals surface area contributed by atoms with Crippen LogP contribution in [0.1, 0.15) is 24.2 Å². The lowest BCUT2D eigenvalue weighted by atomic mass is 10.1. The number of amides is 1. The van der Waals surface area contributed by atoms with Crippen molar-refractivity contribution in [2.75, 3.05) is 11.1 Å². The number of carbonyl (C=O) groups excluding carboxylic acids is 2. The molecule has 3 aromatic rings. The molecule has 0 aliphatic carbocycles. The van der Waals surface area contributed by atoms with Crippen LogP contribution in [-0.4, -0.2) is 32.2 Å². The molecule has 27 heavy (non-hydrogen) atoms. The topological polar surface area (TPSA) is 90.0 Å². The second kappa shape index (κ2) is 8.53. The number of hydrogen-bond acceptors (Lipinski definition) is 6. The summed E-state index contributed by atoms with van der Waals surface area (Å²) < 4.78 is 8.04. The van der Waals surface area contributed by atoms with Crippen LogP contribution in [-0.2, 0) is 11.3 Å². The van der Waals surface area contributed by atoms with Gasteiger partial charge in [-0.1, -0.05) is 23.9 Å². The van der Waals surface area contributed by atoms with Gasteiger partial charge in [0.25, 0.3) is 0 Å². The van der Waals surface area contributed by atoms with Crippen molar-refractivity contribution in [1.82, 2.24) is 14.8 Å². The van der Waals surface area contributed by atoms with Crippen LogP contribution in [0.5, 0.6) is 0 Å². The first-order valence-electron chi connectivity index (χ1n) is 8.20. The lowest BCUT2D eigenvalue weighted by Gasteiger charge is -2.07. The van der Waals surface area contributed by atoms with E-state index >= 15 is 0 Å². The zero-order valence-electron chi connectivity index (χ0n) is 14.7. The summed E-state index contributed by atoms with van der Waals surface area (Å²) in [5, 5.41) is 11.8. The third kappa shape index (κ3) is 4.67. The lowest BCUT2D eigenvalue weighted by Crippen LogP contribution is -2.15. The second-order valence-electron chi connectivity index (χ2n) is 5.63. The summed E-state index contributed by atoms with van der Waals surface area (Å²) >= 11 is 4.56. The number of Topliss-reactive ketones (excluding diaryl/α,β-unsaturated/α-hetero) is 1. The van der Waals surface area contributed by atoms with Crippen LogP contribution in [0.25, 0.3) is 11.6 Å². The molecule has 2 aromatic heterocycles. The molecule has 0 saturated carbocycles. The van der Waals surface area contributed by atoms with E-state index in [0.717, 1.165) is 0 Å². The molecule has 0 bridgehead atoms. The Hall–Kier alpha value is -2.39. The summed E-state index contributed by atoms with van der Waals surface area (Å²) in [4.78, 5) is 23.7. The molecule has 0 aliphatic heterocycles. The van der Waals surface area contributed by atoms with Crippen LogP contribution in [0.2, 0.25) is 0 Å². The number of aromatic nitrogens is 3. The molecule has 0 aliphatic rings. The fraction of sp³-hybridized carbons (Fsp3) is 0.222. The van der Waals surface area contributed by atoms with E-state index in [1.165, 1.54) is 18.7 Å². The number of benzene rings is 1. The second-order valence-corrected chi connectivity index (χ2v) is 7.35. The summed E-state index contributed by atoms with van der Waals surface area (Å²) in [5.41, 5.74) is 1.15. The van der Waals surface area contributed by atoms with Gasteiger partial charge in [-0.3, -0.25) is 14.2 Å². The number of thioether (sulfide) groups is 1. The summed E-state index contributed by atoms with van der Waals surface area (Å²) in [5.74, 6) is 1.15. The average molecular weight is 449 g/mol. The van der Waals surface area contributed by atoms with E-state index in [-0.39, 0.29) is 17.4 Å². The van der Waals surface area contributed by atoms with Gasteiger partial charge < -0.3 is 9.73 Å². The highest BCUT2D eigenvalue weighted by atomic mass is 79.9. The number of rotatable bonds is 7. The molecule has 9 heteroatoms. The highest BCUT2D eigenvalue weighted by molar-refractivity contribution is 9.10. The van der Waals surface area contributed by atoms with Gasteiger partial charge >= 0.3 is 0 Å². The minimum absolute atomic E-state index is 0.0476. The molecule has 0 radical (unpaired) electrons. The lowest BCUT2D eigenvalue weighted by molar-refractivity contribution is -0.113. The molecule has 140 valence electrons. The van der Waals surface area contributed by atoms with Crippen molar-refractivity contribution in [3.05, 3.63) is 46.6 Å². The summed E-state index contributed by atoms with van der Waals surface area (Å²) in [7, 11) is 0. The molecule has 1 amide bonds. The van der Waals surface area contributed by atoms with Crippen molar-refractivity contribution >= 4 is 45.1 Å². The van der Waals surface area contributed by atoms with Gasteiger partial charge in [-0.25, -0.2) is 0 Å². The SMILES string of the molecule is CCn1c(SCC(=O)Nc2cccc(C(C)=O)c2)nnc1-c1ccc(Br)o1. The van der Waals surface area contributed by atoms with Crippen LogP contribution >= 0.6 is 27.7 Å². The van der Waals surface area contributed by atoms with Crippen molar-refractivity contribution in [2.24, 2.45) is 0 Å². The number of ketones is 1. The molecule has 0 spiro atoms. The fourth-order valence-corrected chi connectivity index (χ4v) is 3.55. The van der Waals surface area contributed by atoms with E-state index in [1.54, 1.807) is 30.3 Å². The van der Waals surface area contributed by atoms with Crippen molar-refractivity contribution in [1.29, 1.82) is 0 Å². The first-order valence-corrected chi connectivity index (χ1v) is 9.98. The summed E-state index contributed by atoms with van der Waals surface area (Å²) in [6.45, 7) is 4.11. The number of anilines is 1. The summed E-state index contributed by atoms with van der Waals surface area (Å²) in [6.07, 6.45) is 0. The number of furan rings is 1. The third-order valence-corrected chi connectivity index (χ3v) is 5.10. The van der Waals surface area contributed by atoms with E-state index in [9.17, 15) is 9.59 Å². The quantitative estimate of drug-likeness (QED) is 0.429. The van der Waals surface area contributed by atoms with Gasteiger partial charge in [0.05, 0.1) is 5.75 Å². The van der Waals surface area contributed by atoms with Gasteiger partial charge in [0.2, 0.25) is 11.7 Å². The van der Waals surface area contributed by atoms with Crippen molar-refractivity contribution in [3.63, 3.8) is 0 Å². The number of nitrogens with one attached hydrogen (secondary N) is 1. The van der Waals surface area contributed by atoms with E-state index in [2.05, 4.69) is 31.4 Å². The fourth-order valence-electron chi connectivity index (χ4n) is 2.44. The van der Waals surface area contributed by atoms with Crippen LogP contribution in [0.15, 0.2) is 50.6 Å². The number of nitrogens with zero attached hydrogens (tertiary/aromatic N) is 3. The Morgan fingerprint density at radius 1 is 1.26 bits per heavy atom. The van der Waals surface area contributed by atoms with Crippen molar-refractivity contribution in [3.8, 4) is 11.6 Å². The van der Waals surface area contributed by atoms with Crippen molar-refractivity contribution < 1.29 is 14.0 Å². The predicted octanol–water partition coefficient (Wildman–Crippen LogP) is 4.25. The Morgan fingerprint density at radius 3 is 2.74 bits per heavy atom. The third-order valence-electron chi connectivity index (χ3n) is 3.71. The van der Waals surface area contributed by atoms with E-state index in [4.69, 9.17) is 4.42 Å². The highest BCUT2D eigenvalue weighted by Gasteiger charge is 2.17. The minimum atomic E-state index is -0.186. The molecular weight excluding hydrogens is 432 g/mol. The molecule has 3 rings (SSSR count). The molecule has 0 saturated heterocycles. The number of carbonyl (C=O) groups is 2. The van der Waals surface area contributed by atoms with Crippen LogP contribution in [0.3, 0.4) is 0 Å². The largest absolute Gasteiger partial charge is 0.446 e. The van der Waals surface area contributed by atoms with Crippen LogP contribution < -0.4 is 5.32 Å². The first kappa shape index (κ1) is 19.4. The highest BCUT2D eigenvalue weighted by Crippen LogP contribution is 2.27. The molecular formula is C18H17BrN4O3S. The molecule has 1 N–H and O–H groups in total. The summed E-state index contributed by atoms with van der Waals surface area (Å²) in [6, 6.07) is 10.5. The van der Waals surface area contributed by atoms with Gasteiger partial charge in [-0.05, 0) is 54.0 Å². The van der Waals surface area contributed by atoms with E-state index in [1.807, 2.05) is 17.6 Å². The molecule has 7 nitrogen and oxygen atoms in total. The molecule has 2 heterocycles. The zero-order chi connectivity index (χ0) is 19.4. The van der Waals surface area contributed by atoms with Crippen molar-refractivity contribution in [2.45, 2.75) is 25.5 Å². The molecule has 0 unspecified atom stereocenters. The van der Waals surface area contributed by atoms with Gasteiger partial charge in [0, 0.05) is 17.8 Å². The van der Waals surface area contributed by atoms with Crippen LogP contribution in [0, 0.1) is 0 Å².